The van der Waals surface area contributed by atoms with Crippen molar-refractivity contribution in [3.8, 4) is 11.3 Å². The number of hydrogen-bond donors (Lipinski definition) is 2. The summed E-state index contributed by atoms with van der Waals surface area (Å²) in [4.78, 5) is 6.56. The molecule has 4 aromatic rings. The fourth-order valence-electron chi connectivity index (χ4n) is 4.56. The van der Waals surface area contributed by atoms with E-state index in [0.29, 0.717) is 27.3 Å². The third kappa shape index (κ3) is 5.07. The molecule has 37 heavy (non-hydrogen) atoms. The molecule has 1 fully saturated rings. The summed E-state index contributed by atoms with van der Waals surface area (Å²) >= 11 is 12.2. The van der Waals surface area contributed by atoms with E-state index in [9.17, 15) is 8.42 Å². The molecule has 2 aromatic heterocycles. The molecule has 3 heterocycles. The topological polar surface area (TPSA) is 87.5 Å². The second-order valence-corrected chi connectivity index (χ2v) is 11.5. The van der Waals surface area contributed by atoms with Crippen molar-refractivity contribution in [2.75, 3.05) is 15.9 Å². The molecular formula is C27H25ClN4O3S2. The van der Waals surface area contributed by atoms with Crippen molar-refractivity contribution in [2.24, 2.45) is 0 Å². The predicted octanol–water partition coefficient (Wildman–Crippen LogP) is 6.16. The van der Waals surface area contributed by atoms with Gasteiger partial charge in [0, 0.05) is 22.5 Å². The van der Waals surface area contributed by atoms with E-state index in [2.05, 4.69) is 15.0 Å². The molecule has 0 spiro atoms. The van der Waals surface area contributed by atoms with E-state index in [4.69, 9.17) is 28.2 Å². The van der Waals surface area contributed by atoms with Crippen LogP contribution in [0.4, 0.5) is 11.4 Å². The largest absolute Gasteiger partial charge is 0.459 e. The van der Waals surface area contributed by atoms with Gasteiger partial charge in [0.05, 0.1) is 23.7 Å². The molecule has 10 heteroatoms. The molecule has 0 aliphatic carbocycles. The number of nitrogens with zero attached hydrogens (tertiary/aromatic N) is 2. The van der Waals surface area contributed by atoms with E-state index in [1.807, 2.05) is 79.4 Å². The molecule has 0 saturated carbocycles. The standard InChI is InChI=1S/C27H25ClN4O3S2/c1-16-15-18(10-11-21(16)31-37(3,33)34)32-26(25(30-27(32)36)22-9-4-5-14-29-22)24-13-12-23(35-24)19-7-6-8-20(28)17(19)2/h4-15,25-26,31H,1-3H3,(H,30,36)/t25-,26-/m1/s1. The minimum atomic E-state index is -3.41. The van der Waals surface area contributed by atoms with Gasteiger partial charge in [0.1, 0.15) is 17.6 Å². The Kier molecular flexibility index (Phi) is 6.70. The second-order valence-electron chi connectivity index (χ2n) is 8.98. The monoisotopic (exact) mass is 552 g/mol. The molecule has 2 aromatic carbocycles. The number of anilines is 2. The highest BCUT2D eigenvalue weighted by molar-refractivity contribution is 7.92. The van der Waals surface area contributed by atoms with Gasteiger partial charge >= 0.3 is 0 Å². The first-order valence-corrected chi connectivity index (χ1v) is 14.2. The Morgan fingerprint density at radius 1 is 1.08 bits per heavy atom. The normalized spacial score (nSPS) is 17.6. The van der Waals surface area contributed by atoms with Gasteiger partial charge < -0.3 is 14.6 Å². The number of benzene rings is 2. The molecule has 1 aliphatic rings. The van der Waals surface area contributed by atoms with Crippen molar-refractivity contribution in [3.05, 3.63) is 101 Å². The van der Waals surface area contributed by atoms with Gasteiger partial charge in [0.2, 0.25) is 10.0 Å². The molecular weight excluding hydrogens is 528 g/mol. The van der Waals surface area contributed by atoms with E-state index in [0.717, 1.165) is 34.3 Å². The first-order valence-electron chi connectivity index (χ1n) is 11.6. The van der Waals surface area contributed by atoms with E-state index < -0.39 is 10.0 Å². The molecule has 190 valence electrons. The molecule has 0 bridgehead atoms. The summed E-state index contributed by atoms with van der Waals surface area (Å²) < 4.78 is 32.5. The van der Waals surface area contributed by atoms with Gasteiger partial charge in [-0.25, -0.2) is 8.42 Å². The number of nitrogens with one attached hydrogen (secondary N) is 2. The molecule has 0 unspecified atom stereocenters. The Morgan fingerprint density at radius 3 is 2.59 bits per heavy atom. The van der Waals surface area contributed by atoms with Crippen LogP contribution >= 0.6 is 23.8 Å². The molecule has 7 nitrogen and oxygen atoms in total. The van der Waals surface area contributed by atoms with Gasteiger partial charge in [-0.15, -0.1) is 0 Å². The number of aromatic nitrogens is 1. The average molecular weight is 553 g/mol. The highest BCUT2D eigenvalue weighted by Crippen LogP contribution is 2.44. The lowest BCUT2D eigenvalue weighted by Crippen LogP contribution is -2.29. The summed E-state index contributed by atoms with van der Waals surface area (Å²) in [5.41, 5.74) is 4.75. The Morgan fingerprint density at radius 2 is 1.89 bits per heavy atom. The number of pyridine rings is 1. The first-order chi connectivity index (χ1) is 17.6. The maximum Gasteiger partial charge on any atom is 0.229 e. The Bertz CT molecular complexity index is 1590. The minimum absolute atomic E-state index is 0.276. The second kappa shape index (κ2) is 9.81. The fraction of sp³-hybridized carbons (Fsp3) is 0.185. The van der Waals surface area contributed by atoms with Gasteiger partial charge in [-0.2, -0.15) is 0 Å². The van der Waals surface area contributed by atoms with E-state index in [1.54, 1.807) is 12.3 Å². The summed E-state index contributed by atoms with van der Waals surface area (Å²) in [5.74, 6) is 1.41. The van der Waals surface area contributed by atoms with Crippen LogP contribution in [0.2, 0.25) is 5.02 Å². The molecule has 1 saturated heterocycles. The van der Waals surface area contributed by atoms with Gasteiger partial charge in [-0.1, -0.05) is 29.8 Å². The Labute approximate surface area is 226 Å². The zero-order chi connectivity index (χ0) is 26.3. The number of thiocarbonyl (C=S) groups is 1. The van der Waals surface area contributed by atoms with Crippen LogP contribution < -0.4 is 14.9 Å². The van der Waals surface area contributed by atoms with Gasteiger partial charge in [0.15, 0.2) is 5.11 Å². The van der Waals surface area contributed by atoms with Gasteiger partial charge in [-0.05, 0) is 85.7 Å². The summed E-state index contributed by atoms with van der Waals surface area (Å²) in [7, 11) is -3.41. The van der Waals surface area contributed by atoms with Crippen molar-refractivity contribution in [2.45, 2.75) is 25.9 Å². The quantitative estimate of drug-likeness (QED) is 0.277. The maximum absolute atomic E-state index is 11.8. The molecule has 0 radical (unpaired) electrons. The highest BCUT2D eigenvalue weighted by Gasteiger charge is 2.42. The highest BCUT2D eigenvalue weighted by atomic mass is 35.5. The van der Waals surface area contributed by atoms with Crippen LogP contribution in [0.15, 0.2) is 77.3 Å². The van der Waals surface area contributed by atoms with Crippen molar-refractivity contribution in [1.82, 2.24) is 10.3 Å². The maximum atomic E-state index is 11.8. The minimum Gasteiger partial charge on any atom is -0.459 e. The van der Waals surface area contributed by atoms with Crippen molar-refractivity contribution in [1.29, 1.82) is 0 Å². The third-order valence-electron chi connectivity index (χ3n) is 6.33. The van der Waals surface area contributed by atoms with Crippen molar-refractivity contribution >= 4 is 50.3 Å². The van der Waals surface area contributed by atoms with Crippen LogP contribution in [0.25, 0.3) is 11.3 Å². The number of hydrogen-bond acceptors (Lipinski definition) is 5. The predicted molar refractivity (Wildman–Crippen MR) is 151 cm³/mol. The van der Waals surface area contributed by atoms with Crippen LogP contribution in [0, 0.1) is 13.8 Å². The van der Waals surface area contributed by atoms with Crippen LogP contribution in [-0.4, -0.2) is 24.8 Å². The lowest BCUT2D eigenvalue weighted by Gasteiger charge is -2.27. The zero-order valence-electron chi connectivity index (χ0n) is 20.4. The van der Waals surface area contributed by atoms with Crippen LogP contribution in [-0.2, 0) is 10.0 Å². The third-order valence-corrected chi connectivity index (χ3v) is 7.65. The van der Waals surface area contributed by atoms with Crippen LogP contribution in [0.5, 0.6) is 0 Å². The Balaban J connectivity index is 1.59. The summed E-state index contributed by atoms with van der Waals surface area (Å²) in [6, 6.07) is 20.2. The number of halogens is 1. The number of sulfonamides is 1. The molecule has 5 rings (SSSR count). The fourth-order valence-corrected chi connectivity index (χ4v) is 5.71. The van der Waals surface area contributed by atoms with Gasteiger partial charge in [0.25, 0.3) is 0 Å². The van der Waals surface area contributed by atoms with Crippen LogP contribution in [0.1, 0.15) is 34.7 Å². The first kappa shape index (κ1) is 25.3. The van der Waals surface area contributed by atoms with Crippen molar-refractivity contribution in [3.63, 3.8) is 0 Å². The molecule has 2 N–H and O–H groups in total. The number of aryl methyl sites for hydroxylation is 1. The van der Waals surface area contributed by atoms with E-state index >= 15 is 0 Å². The smallest absolute Gasteiger partial charge is 0.229 e. The molecule has 1 aliphatic heterocycles. The number of furan rings is 1. The lowest BCUT2D eigenvalue weighted by molar-refractivity contribution is 0.439. The van der Waals surface area contributed by atoms with Crippen molar-refractivity contribution < 1.29 is 12.8 Å². The average Bonchev–Trinajstić information content (AvgIpc) is 3.46. The lowest BCUT2D eigenvalue weighted by atomic mass is 10.0. The van der Waals surface area contributed by atoms with E-state index in [-0.39, 0.29) is 12.1 Å². The summed E-state index contributed by atoms with van der Waals surface area (Å²) in [6.07, 6.45) is 2.88. The van der Waals surface area contributed by atoms with Gasteiger partial charge in [-0.3, -0.25) is 9.71 Å². The summed E-state index contributed by atoms with van der Waals surface area (Å²) in [6.45, 7) is 3.81. The Hall–Kier alpha value is -3.40. The molecule has 0 amide bonds. The zero-order valence-corrected chi connectivity index (χ0v) is 22.8. The summed E-state index contributed by atoms with van der Waals surface area (Å²) in [5, 5.41) is 4.60. The molecule has 2 atom stereocenters. The SMILES string of the molecule is Cc1cc(N2C(=S)N[C@H](c3ccccn3)[C@H]2c2ccc(-c3cccc(Cl)c3C)o2)ccc1NS(C)(=O)=O. The number of rotatable bonds is 6. The van der Waals surface area contributed by atoms with E-state index in [1.165, 1.54) is 0 Å². The van der Waals surface area contributed by atoms with Crippen LogP contribution in [0.3, 0.4) is 0 Å².